The molecule has 20 heavy (non-hydrogen) atoms. The Labute approximate surface area is 134 Å². The molecular formula is C14H19Cl3N2O. The van der Waals surface area contributed by atoms with Gasteiger partial charge in [-0.25, -0.2) is 0 Å². The first-order valence-electron chi connectivity index (χ1n) is 6.48. The number of hydrogen-bond donors (Lipinski definition) is 2. The quantitative estimate of drug-likeness (QED) is 0.797. The second-order valence-corrected chi connectivity index (χ2v) is 6.48. The number of carbonyl (C=O) groups excluding carboxylic acids is 1. The fraction of sp³-hybridized carbons (Fsp3) is 0.500. The Bertz CT molecular complexity index is 454. The van der Waals surface area contributed by atoms with Crippen LogP contribution in [0.25, 0.3) is 0 Å². The molecule has 0 unspecified atom stereocenters. The van der Waals surface area contributed by atoms with Gasteiger partial charge in [-0.15, -0.1) is 0 Å². The molecule has 0 bridgehead atoms. The zero-order valence-electron chi connectivity index (χ0n) is 11.6. The number of anilines is 1. The zero-order chi connectivity index (χ0) is 15.3. The van der Waals surface area contributed by atoms with Crippen LogP contribution in [-0.2, 0) is 4.79 Å². The summed E-state index contributed by atoms with van der Waals surface area (Å²) >= 11 is 17.9. The first-order valence-corrected chi connectivity index (χ1v) is 7.61. The van der Waals surface area contributed by atoms with Gasteiger partial charge in [0.15, 0.2) is 0 Å². The molecule has 0 aromatic heterocycles. The van der Waals surface area contributed by atoms with E-state index in [1.165, 1.54) is 0 Å². The number of nitrogens with two attached hydrogens (primary N) is 1. The minimum absolute atomic E-state index is 0.146. The number of benzene rings is 1. The molecule has 0 saturated carbocycles. The normalized spacial score (nSPS) is 12.6. The van der Waals surface area contributed by atoms with Gasteiger partial charge in [-0.1, -0.05) is 48.7 Å². The second-order valence-electron chi connectivity index (χ2n) is 5.23. The minimum atomic E-state index is -0.146. The van der Waals surface area contributed by atoms with Gasteiger partial charge >= 0.3 is 0 Å². The molecule has 0 fully saturated rings. The first-order chi connectivity index (χ1) is 9.33. The molecule has 0 heterocycles. The fourth-order valence-electron chi connectivity index (χ4n) is 2.04. The lowest BCUT2D eigenvalue weighted by molar-refractivity contribution is -0.117. The van der Waals surface area contributed by atoms with Crippen LogP contribution in [0.15, 0.2) is 12.1 Å². The predicted molar refractivity (Wildman–Crippen MR) is 86.7 cm³/mol. The molecule has 112 valence electrons. The maximum absolute atomic E-state index is 12.0. The summed E-state index contributed by atoms with van der Waals surface area (Å²) in [5, 5.41) is 3.80. The Balaban J connectivity index is 2.71. The summed E-state index contributed by atoms with van der Waals surface area (Å²) in [5.41, 5.74) is 6.08. The highest BCUT2D eigenvalue weighted by atomic mass is 35.5. The zero-order valence-corrected chi connectivity index (χ0v) is 13.8. The fourth-order valence-corrected chi connectivity index (χ4v) is 2.96. The highest BCUT2D eigenvalue weighted by Crippen LogP contribution is 2.33. The average Bonchev–Trinajstić information content (AvgIpc) is 2.32. The molecule has 1 rings (SSSR count). The molecule has 0 radical (unpaired) electrons. The van der Waals surface area contributed by atoms with E-state index in [4.69, 9.17) is 40.5 Å². The highest BCUT2D eigenvalue weighted by molar-refractivity contribution is 6.42. The summed E-state index contributed by atoms with van der Waals surface area (Å²) in [5.74, 6) is 0.506. The Kier molecular flexibility index (Phi) is 7.10. The third kappa shape index (κ3) is 5.49. The number of rotatable bonds is 6. The number of hydrogen-bond acceptors (Lipinski definition) is 2. The van der Waals surface area contributed by atoms with Crippen molar-refractivity contribution >= 4 is 46.4 Å². The van der Waals surface area contributed by atoms with Gasteiger partial charge in [-0.2, -0.15) is 0 Å². The number of nitrogens with one attached hydrogen (secondary N) is 1. The first kappa shape index (κ1) is 17.6. The molecule has 0 spiro atoms. The molecule has 1 atom stereocenters. The predicted octanol–water partition coefficient (Wildman–Crippen LogP) is 4.60. The lowest BCUT2D eigenvalue weighted by Gasteiger charge is -2.17. The highest BCUT2D eigenvalue weighted by Gasteiger charge is 2.16. The van der Waals surface area contributed by atoms with Crippen molar-refractivity contribution in [1.82, 2.24) is 0 Å². The van der Waals surface area contributed by atoms with Crippen LogP contribution >= 0.6 is 34.8 Å². The van der Waals surface area contributed by atoms with Crippen molar-refractivity contribution < 1.29 is 4.79 Å². The van der Waals surface area contributed by atoms with Crippen molar-refractivity contribution in [2.45, 2.75) is 26.7 Å². The van der Waals surface area contributed by atoms with Gasteiger partial charge in [0.1, 0.15) is 0 Å². The van der Waals surface area contributed by atoms with E-state index in [1.54, 1.807) is 12.1 Å². The summed E-state index contributed by atoms with van der Waals surface area (Å²) in [6.07, 6.45) is 1.26. The van der Waals surface area contributed by atoms with Crippen molar-refractivity contribution in [3.63, 3.8) is 0 Å². The van der Waals surface area contributed by atoms with E-state index in [0.29, 0.717) is 39.6 Å². The van der Waals surface area contributed by atoms with Crippen LogP contribution in [0.2, 0.25) is 15.1 Å². The van der Waals surface area contributed by atoms with E-state index in [2.05, 4.69) is 19.2 Å². The number of carbonyl (C=O) groups is 1. The molecule has 3 N–H and O–H groups in total. The van der Waals surface area contributed by atoms with E-state index in [1.807, 2.05) is 0 Å². The molecule has 6 heteroatoms. The molecule has 1 amide bonds. The van der Waals surface area contributed by atoms with Crippen LogP contribution in [-0.4, -0.2) is 12.5 Å². The molecule has 1 aromatic rings. The van der Waals surface area contributed by atoms with E-state index in [-0.39, 0.29) is 11.8 Å². The number of halogens is 3. The Morgan fingerprint density at radius 3 is 2.25 bits per heavy atom. The Morgan fingerprint density at radius 1 is 1.25 bits per heavy atom. The minimum Gasteiger partial charge on any atom is -0.330 e. The molecule has 0 aliphatic rings. The van der Waals surface area contributed by atoms with Gasteiger partial charge in [0.05, 0.1) is 15.7 Å². The van der Waals surface area contributed by atoms with Crippen molar-refractivity contribution in [2.75, 3.05) is 11.9 Å². The summed E-state index contributed by atoms with van der Waals surface area (Å²) in [7, 11) is 0. The molecule has 0 aliphatic heterocycles. The van der Waals surface area contributed by atoms with E-state index < -0.39 is 0 Å². The van der Waals surface area contributed by atoms with Gasteiger partial charge in [-0.3, -0.25) is 4.79 Å². The monoisotopic (exact) mass is 336 g/mol. The molecule has 0 aliphatic carbocycles. The summed E-state index contributed by atoms with van der Waals surface area (Å²) in [6.45, 7) is 4.69. The van der Waals surface area contributed by atoms with Gasteiger partial charge < -0.3 is 11.1 Å². The van der Waals surface area contributed by atoms with Crippen LogP contribution < -0.4 is 11.1 Å². The van der Waals surface area contributed by atoms with E-state index >= 15 is 0 Å². The summed E-state index contributed by atoms with van der Waals surface area (Å²) in [4.78, 5) is 12.0. The second kappa shape index (κ2) is 8.08. The largest absolute Gasteiger partial charge is 0.330 e. The van der Waals surface area contributed by atoms with Gasteiger partial charge in [0.2, 0.25) is 5.91 Å². The van der Waals surface area contributed by atoms with E-state index in [9.17, 15) is 4.79 Å². The lowest BCUT2D eigenvalue weighted by Crippen LogP contribution is -2.23. The maximum Gasteiger partial charge on any atom is 0.224 e. The summed E-state index contributed by atoms with van der Waals surface area (Å²) in [6, 6.07) is 3.08. The standard InChI is InChI=1S/C14H19Cl3N2O/c1-8(2)3-9(7-18)4-13(20)19-14-11(16)5-10(15)6-12(14)17/h5-6,8-9H,3-4,7,18H2,1-2H3,(H,19,20)/t9-/m0/s1. The molecular weight excluding hydrogens is 319 g/mol. The third-order valence-corrected chi connectivity index (χ3v) is 3.70. The van der Waals surface area contributed by atoms with Crippen molar-refractivity contribution in [3.05, 3.63) is 27.2 Å². The summed E-state index contributed by atoms with van der Waals surface area (Å²) < 4.78 is 0. The molecule has 0 saturated heterocycles. The lowest BCUT2D eigenvalue weighted by atomic mass is 9.94. The third-order valence-electron chi connectivity index (χ3n) is 2.88. The molecule has 3 nitrogen and oxygen atoms in total. The topological polar surface area (TPSA) is 55.1 Å². The maximum atomic E-state index is 12.0. The van der Waals surface area contributed by atoms with Crippen molar-refractivity contribution in [3.8, 4) is 0 Å². The molecule has 1 aromatic carbocycles. The Hall–Kier alpha value is -0.480. The van der Waals surface area contributed by atoms with Crippen LogP contribution in [0.3, 0.4) is 0 Å². The SMILES string of the molecule is CC(C)C[C@H](CN)CC(=O)Nc1c(Cl)cc(Cl)cc1Cl. The van der Waals surface area contributed by atoms with Gasteiger partial charge in [-0.05, 0) is 36.9 Å². The van der Waals surface area contributed by atoms with Crippen molar-refractivity contribution in [1.29, 1.82) is 0 Å². The van der Waals surface area contributed by atoms with Gasteiger partial charge in [0.25, 0.3) is 0 Å². The van der Waals surface area contributed by atoms with E-state index in [0.717, 1.165) is 6.42 Å². The smallest absolute Gasteiger partial charge is 0.224 e. The van der Waals surface area contributed by atoms with Crippen LogP contribution in [0.5, 0.6) is 0 Å². The van der Waals surface area contributed by atoms with Gasteiger partial charge in [0, 0.05) is 11.4 Å². The number of amides is 1. The van der Waals surface area contributed by atoms with Crippen LogP contribution in [0.4, 0.5) is 5.69 Å². The average molecular weight is 338 g/mol. The van der Waals surface area contributed by atoms with Crippen molar-refractivity contribution in [2.24, 2.45) is 17.6 Å². The van der Waals surface area contributed by atoms with Crippen LogP contribution in [0.1, 0.15) is 26.7 Å². The van der Waals surface area contributed by atoms with Crippen LogP contribution in [0, 0.1) is 11.8 Å². The Morgan fingerprint density at radius 2 is 1.80 bits per heavy atom.